The second kappa shape index (κ2) is 7.37. The predicted molar refractivity (Wildman–Crippen MR) is 85.8 cm³/mol. The fourth-order valence-electron chi connectivity index (χ4n) is 1.69. The number of rotatable bonds is 7. The number of benzene rings is 1. The summed E-state index contributed by atoms with van der Waals surface area (Å²) in [5, 5.41) is 0. The van der Waals surface area contributed by atoms with Crippen molar-refractivity contribution in [3.63, 3.8) is 0 Å². The Morgan fingerprint density at radius 1 is 1.38 bits per heavy atom. The molecule has 116 valence electrons. The summed E-state index contributed by atoms with van der Waals surface area (Å²) in [6.45, 7) is 1.88. The molecule has 21 heavy (non-hydrogen) atoms. The number of hydrogen-bond donors (Lipinski definition) is 1. The Morgan fingerprint density at radius 3 is 2.57 bits per heavy atom. The molecule has 0 fully saturated rings. The molecule has 6 nitrogen and oxygen atoms in total. The molecule has 0 heterocycles. The van der Waals surface area contributed by atoms with Crippen LogP contribution in [0.4, 0.5) is 5.69 Å². The highest BCUT2D eigenvalue weighted by atomic mass is 32.2. The molecule has 0 saturated carbocycles. The van der Waals surface area contributed by atoms with Gasteiger partial charge in [0.05, 0.1) is 24.5 Å². The molecule has 0 aliphatic carbocycles. The van der Waals surface area contributed by atoms with E-state index in [9.17, 15) is 13.2 Å². The van der Waals surface area contributed by atoms with Gasteiger partial charge in [-0.25, -0.2) is 8.42 Å². The number of sulfonamides is 1. The minimum absolute atomic E-state index is 0.109. The molecule has 0 atom stereocenters. The first-order valence-electron chi connectivity index (χ1n) is 6.30. The number of nitrogens with two attached hydrogens (primary N) is 1. The summed E-state index contributed by atoms with van der Waals surface area (Å²) in [5.41, 5.74) is 6.44. The molecule has 0 aromatic heterocycles. The van der Waals surface area contributed by atoms with Gasteiger partial charge in [-0.1, -0.05) is 24.4 Å². The van der Waals surface area contributed by atoms with Crippen LogP contribution in [0.25, 0.3) is 0 Å². The minimum atomic E-state index is -3.67. The van der Waals surface area contributed by atoms with E-state index >= 15 is 0 Å². The van der Waals surface area contributed by atoms with Crippen molar-refractivity contribution in [1.29, 1.82) is 0 Å². The van der Waals surface area contributed by atoms with Crippen LogP contribution in [0.1, 0.15) is 18.9 Å². The zero-order valence-electron chi connectivity index (χ0n) is 11.9. The van der Waals surface area contributed by atoms with Gasteiger partial charge in [-0.15, -0.1) is 0 Å². The lowest BCUT2D eigenvalue weighted by atomic mass is 10.2. The van der Waals surface area contributed by atoms with Gasteiger partial charge in [0, 0.05) is 12.6 Å². The third-order valence-electron chi connectivity index (χ3n) is 2.80. The smallest absolute Gasteiger partial charge is 0.306 e. The number of carbonyl (C=O) groups excluding carboxylic acids is 1. The first kappa shape index (κ1) is 17.4. The largest absolute Gasteiger partial charge is 0.466 e. The molecule has 0 bridgehead atoms. The molecule has 8 heteroatoms. The van der Waals surface area contributed by atoms with Gasteiger partial charge in [0.2, 0.25) is 10.0 Å². The summed E-state index contributed by atoms with van der Waals surface area (Å²) in [6, 6.07) is 6.66. The molecule has 0 aliphatic heterocycles. The predicted octanol–water partition coefficient (Wildman–Crippen LogP) is 1.04. The second-order valence-corrected chi connectivity index (χ2v) is 6.78. The first-order valence-corrected chi connectivity index (χ1v) is 8.32. The molecule has 1 aromatic carbocycles. The van der Waals surface area contributed by atoms with Gasteiger partial charge in [-0.05, 0) is 19.1 Å². The van der Waals surface area contributed by atoms with Crippen LogP contribution in [-0.2, 0) is 19.6 Å². The van der Waals surface area contributed by atoms with Gasteiger partial charge in [0.25, 0.3) is 0 Å². The zero-order valence-corrected chi connectivity index (χ0v) is 13.5. The number of carbonyl (C=O) groups is 1. The maximum atomic E-state index is 12.2. The standard InChI is InChI=1S/C13H18N2O4S2/c1-3-19-12(16)8-9-21(17,18)15(2)11-7-5-4-6-10(11)13(14)20/h4-7H,3,8-9H2,1-2H3,(H2,14,20). The number of esters is 1. The van der Waals surface area contributed by atoms with Crippen molar-refractivity contribution in [2.45, 2.75) is 13.3 Å². The highest BCUT2D eigenvalue weighted by Crippen LogP contribution is 2.22. The Bertz CT molecular complexity index is 629. The molecular formula is C13H18N2O4S2. The summed E-state index contributed by atoms with van der Waals surface area (Å²) in [5.74, 6) is -0.884. The Hall–Kier alpha value is -1.67. The molecule has 0 unspecified atom stereocenters. The van der Waals surface area contributed by atoms with E-state index in [0.29, 0.717) is 11.3 Å². The van der Waals surface area contributed by atoms with Crippen LogP contribution in [0.15, 0.2) is 24.3 Å². The van der Waals surface area contributed by atoms with Crippen molar-refractivity contribution in [2.24, 2.45) is 5.73 Å². The summed E-state index contributed by atoms with van der Waals surface area (Å²) >= 11 is 4.91. The van der Waals surface area contributed by atoms with Crippen molar-refractivity contribution in [2.75, 3.05) is 23.7 Å². The fourth-order valence-corrected chi connectivity index (χ4v) is 3.02. The third-order valence-corrected chi connectivity index (χ3v) is 4.77. The van der Waals surface area contributed by atoms with E-state index in [1.165, 1.54) is 7.05 Å². The molecular weight excluding hydrogens is 312 g/mol. The number of thiocarbonyl (C=S) groups is 1. The van der Waals surface area contributed by atoms with E-state index < -0.39 is 16.0 Å². The van der Waals surface area contributed by atoms with Gasteiger partial charge in [0.15, 0.2) is 0 Å². The molecule has 0 radical (unpaired) electrons. The SMILES string of the molecule is CCOC(=O)CCS(=O)(=O)N(C)c1ccccc1C(N)=S. The van der Waals surface area contributed by atoms with E-state index in [4.69, 9.17) is 22.7 Å². The van der Waals surface area contributed by atoms with Gasteiger partial charge < -0.3 is 10.5 Å². The monoisotopic (exact) mass is 330 g/mol. The molecule has 1 aromatic rings. The Labute approximate surface area is 129 Å². The summed E-state index contributed by atoms with van der Waals surface area (Å²) < 4.78 is 30.3. The van der Waals surface area contributed by atoms with Gasteiger partial charge in [-0.2, -0.15) is 0 Å². The maximum Gasteiger partial charge on any atom is 0.306 e. The van der Waals surface area contributed by atoms with Crippen LogP contribution in [0.3, 0.4) is 0 Å². The number of hydrogen-bond acceptors (Lipinski definition) is 5. The van der Waals surface area contributed by atoms with E-state index in [1.54, 1.807) is 31.2 Å². The van der Waals surface area contributed by atoms with Crippen molar-refractivity contribution in [3.05, 3.63) is 29.8 Å². The van der Waals surface area contributed by atoms with E-state index in [2.05, 4.69) is 0 Å². The quantitative estimate of drug-likeness (QED) is 0.593. The lowest BCUT2D eigenvalue weighted by Crippen LogP contribution is -2.32. The normalized spacial score (nSPS) is 11.0. The zero-order chi connectivity index (χ0) is 16.0. The van der Waals surface area contributed by atoms with Crippen LogP contribution in [0.5, 0.6) is 0 Å². The topological polar surface area (TPSA) is 89.7 Å². The van der Waals surface area contributed by atoms with Crippen LogP contribution in [0, 0.1) is 0 Å². The minimum Gasteiger partial charge on any atom is -0.466 e. The average molecular weight is 330 g/mol. The van der Waals surface area contributed by atoms with Crippen LogP contribution >= 0.6 is 12.2 Å². The third kappa shape index (κ3) is 4.68. The van der Waals surface area contributed by atoms with Crippen molar-refractivity contribution >= 4 is 38.9 Å². The van der Waals surface area contributed by atoms with E-state index in [-0.39, 0.29) is 23.8 Å². The summed E-state index contributed by atoms with van der Waals surface area (Å²) in [6.07, 6.45) is -0.199. The van der Waals surface area contributed by atoms with Crippen LogP contribution in [0.2, 0.25) is 0 Å². The van der Waals surface area contributed by atoms with Crippen molar-refractivity contribution in [1.82, 2.24) is 0 Å². The molecule has 0 amide bonds. The highest BCUT2D eigenvalue weighted by molar-refractivity contribution is 7.92. The number of para-hydroxylation sites is 1. The number of ether oxygens (including phenoxy) is 1. The van der Waals surface area contributed by atoms with Gasteiger partial charge >= 0.3 is 5.97 Å². The molecule has 2 N–H and O–H groups in total. The summed E-state index contributed by atoms with van der Waals surface area (Å²) in [4.78, 5) is 11.4. The molecule has 1 rings (SSSR count). The first-order chi connectivity index (χ1) is 9.79. The summed E-state index contributed by atoms with van der Waals surface area (Å²) in [7, 11) is -2.27. The number of anilines is 1. The van der Waals surface area contributed by atoms with Crippen molar-refractivity contribution in [3.8, 4) is 0 Å². The lowest BCUT2D eigenvalue weighted by Gasteiger charge is -2.21. The Morgan fingerprint density at radius 2 is 2.00 bits per heavy atom. The fraction of sp³-hybridized carbons (Fsp3) is 0.385. The van der Waals surface area contributed by atoms with Gasteiger partial charge in [0.1, 0.15) is 4.99 Å². The van der Waals surface area contributed by atoms with Crippen molar-refractivity contribution < 1.29 is 17.9 Å². The second-order valence-electron chi connectivity index (χ2n) is 4.22. The van der Waals surface area contributed by atoms with E-state index in [0.717, 1.165) is 4.31 Å². The number of nitrogens with zero attached hydrogens (tertiary/aromatic N) is 1. The Kier molecular flexibility index (Phi) is 6.10. The van der Waals surface area contributed by atoms with Crippen LogP contribution < -0.4 is 10.0 Å². The molecule has 0 spiro atoms. The van der Waals surface area contributed by atoms with Crippen LogP contribution in [-0.4, -0.2) is 38.8 Å². The average Bonchev–Trinajstić information content (AvgIpc) is 2.44. The highest BCUT2D eigenvalue weighted by Gasteiger charge is 2.22. The molecule has 0 aliphatic rings. The Balaban J connectivity index is 2.94. The molecule has 0 saturated heterocycles. The lowest BCUT2D eigenvalue weighted by molar-refractivity contribution is -0.142. The van der Waals surface area contributed by atoms with Gasteiger partial charge in [-0.3, -0.25) is 9.10 Å². The van der Waals surface area contributed by atoms with E-state index in [1.807, 2.05) is 0 Å². The maximum absolute atomic E-state index is 12.2.